The van der Waals surface area contributed by atoms with Crippen LogP contribution >= 0.6 is 15.9 Å². The van der Waals surface area contributed by atoms with Gasteiger partial charge in [-0.25, -0.2) is 4.98 Å². The summed E-state index contributed by atoms with van der Waals surface area (Å²) in [5.41, 5.74) is 0.448. The van der Waals surface area contributed by atoms with Gasteiger partial charge in [0.15, 0.2) is 0 Å². The summed E-state index contributed by atoms with van der Waals surface area (Å²) < 4.78 is 11.5. The van der Waals surface area contributed by atoms with Gasteiger partial charge in [-0.15, -0.1) is 0 Å². The van der Waals surface area contributed by atoms with Crippen LogP contribution in [0.1, 0.15) is 56.7 Å². The highest BCUT2D eigenvalue weighted by Gasteiger charge is 2.28. The number of aromatic amines is 1. The molecule has 1 aromatic heterocycles. The van der Waals surface area contributed by atoms with Gasteiger partial charge in [-0.3, -0.25) is 4.79 Å². The first-order valence-electron chi connectivity index (χ1n) is 7.56. The third-order valence-corrected chi connectivity index (χ3v) is 4.74. The van der Waals surface area contributed by atoms with Gasteiger partial charge < -0.3 is 14.5 Å². The number of halogens is 1. The number of methoxy groups -OCH3 is 1. The Hall–Kier alpha value is -0.720. The third-order valence-electron chi connectivity index (χ3n) is 3.92. The molecule has 21 heavy (non-hydrogen) atoms. The Labute approximate surface area is 133 Å². The van der Waals surface area contributed by atoms with Crippen LogP contribution in [-0.2, 0) is 16.1 Å². The Morgan fingerprint density at radius 2 is 2.10 bits per heavy atom. The van der Waals surface area contributed by atoms with E-state index in [1.54, 1.807) is 7.11 Å². The Balaban J connectivity index is 2.32. The fourth-order valence-electron chi connectivity index (χ4n) is 2.95. The molecular formula is C15H23BrN2O3. The summed E-state index contributed by atoms with van der Waals surface area (Å²) in [5.74, 6) is 1.06. The smallest absolute Gasteiger partial charge is 0.265 e. The molecule has 1 N–H and O–H groups in total. The summed E-state index contributed by atoms with van der Waals surface area (Å²) in [6.07, 6.45) is 5.86. The first-order valence-corrected chi connectivity index (χ1v) is 8.35. The van der Waals surface area contributed by atoms with Crippen LogP contribution in [0, 0.1) is 5.92 Å². The molecule has 0 aliphatic heterocycles. The van der Waals surface area contributed by atoms with E-state index in [2.05, 4.69) is 25.9 Å². The molecule has 1 fully saturated rings. The van der Waals surface area contributed by atoms with Crippen molar-refractivity contribution in [3.8, 4) is 0 Å². The average Bonchev–Trinajstić information content (AvgIpc) is 2.50. The monoisotopic (exact) mass is 358 g/mol. The molecule has 1 heterocycles. The van der Waals surface area contributed by atoms with Crippen LogP contribution in [0.25, 0.3) is 0 Å². The Morgan fingerprint density at radius 1 is 1.38 bits per heavy atom. The van der Waals surface area contributed by atoms with Crippen molar-refractivity contribution in [1.29, 1.82) is 0 Å². The van der Waals surface area contributed by atoms with Crippen molar-refractivity contribution < 1.29 is 9.47 Å². The van der Waals surface area contributed by atoms with Gasteiger partial charge in [-0.05, 0) is 41.6 Å². The molecule has 5 nitrogen and oxygen atoms in total. The molecule has 1 saturated carbocycles. The van der Waals surface area contributed by atoms with E-state index in [0.29, 0.717) is 35.1 Å². The molecule has 0 saturated heterocycles. The van der Waals surface area contributed by atoms with Crippen LogP contribution in [0.3, 0.4) is 0 Å². The maximum absolute atomic E-state index is 12.1. The van der Waals surface area contributed by atoms with E-state index in [0.717, 1.165) is 12.8 Å². The number of nitrogens with zero attached hydrogens (tertiary/aromatic N) is 1. The van der Waals surface area contributed by atoms with Crippen molar-refractivity contribution >= 4 is 15.9 Å². The Kier molecular flexibility index (Phi) is 6.39. The summed E-state index contributed by atoms with van der Waals surface area (Å²) >= 11 is 3.27. The van der Waals surface area contributed by atoms with Gasteiger partial charge in [0.25, 0.3) is 5.56 Å². The van der Waals surface area contributed by atoms with Crippen molar-refractivity contribution in [1.82, 2.24) is 9.97 Å². The zero-order valence-corrected chi connectivity index (χ0v) is 14.2. The number of hydrogen-bond donors (Lipinski definition) is 1. The molecule has 0 spiro atoms. The normalized spacial score (nSPS) is 17.9. The summed E-state index contributed by atoms with van der Waals surface area (Å²) in [6, 6.07) is 0. The first-order chi connectivity index (χ1) is 10.2. The fraction of sp³-hybridized carbons (Fsp3) is 0.733. The summed E-state index contributed by atoms with van der Waals surface area (Å²) in [7, 11) is 1.59. The number of nitrogens with one attached hydrogen (secondary N) is 1. The minimum absolute atomic E-state index is 0.133. The lowest BCUT2D eigenvalue weighted by atomic mass is 9.85. The fourth-order valence-corrected chi connectivity index (χ4v) is 3.25. The number of aromatic nitrogens is 2. The van der Waals surface area contributed by atoms with Crippen molar-refractivity contribution in [2.45, 2.75) is 51.7 Å². The molecule has 0 aromatic carbocycles. The van der Waals surface area contributed by atoms with Crippen LogP contribution in [0.15, 0.2) is 9.27 Å². The number of ether oxygens (including phenoxy) is 2. The van der Waals surface area contributed by atoms with Gasteiger partial charge in [0, 0.05) is 13.7 Å². The van der Waals surface area contributed by atoms with Crippen LogP contribution in [0.5, 0.6) is 0 Å². The molecule has 1 unspecified atom stereocenters. The SMILES string of the molecule is CCOC(c1nc(COC)c(Br)c(=O)[nH]1)C1CCCCC1. The summed E-state index contributed by atoms with van der Waals surface area (Å²) in [5, 5.41) is 0. The molecule has 0 amide bonds. The van der Waals surface area contributed by atoms with Gasteiger partial charge >= 0.3 is 0 Å². The first kappa shape index (κ1) is 16.6. The predicted molar refractivity (Wildman–Crippen MR) is 84.2 cm³/mol. The van der Waals surface area contributed by atoms with Crippen molar-refractivity contribution in [3.05, 3.63) is 26.3 Å². The molecule has 1 atom stereocenters. The maximum Gasteiger partial charge on any atom is 0.265 e. The zero-order valence-electron chi connectivity index (χ0n) is 12.7. The van der Waals surface area contributed by atoms with E-state index in [1.807, 2.05) is 6.92 Å². The van der Waals surface area contributed by atoms with Crippen LogP contribution in [0.4, 0.5) is 0 Å². The Morgan fingerprint density at radius 3 is 2.71 bits per heavy atom. The van der Waals surface area contributed by atoms with Gasteiger partial charge in [0.05, 0.1) is 12.3 Å². The second-order valence-corrected chi connectivity index (χ2v) is 6.21. The van der Waals surface area contributed by atoms with Gasteiger partial charge in [-0.2, -0.15) is 0 Å². The van der Waals surface area contributed by atoms with E-state index >= 15 is 0 Å². The lowest BCUT2D eigenvalue weighted by molar-refractivity contribution is -0.000728. The molecule has 0 radical (unpaired) electrons. The highest BCUT2D eigenvalue weighted by molar-refractivity contribution is 9.10. The van der Waals surface area contributed by atoms with E-state index < -0.39 is 0 Å². The van der Waals surface area contributed by atoms with E-state index in [9.17, 15) is 4.79 Å². The van der Waals surface area contributed by atoms with Crippen LogP contribution < -0.4 is 5.56 Å². The molecule has 6 heteroatoms. The topological polar surface area (TPSA) is 64.2 Å². The Bertz CT molecular complexity index is 512. The van der Waals surface area contributed by atoms with Crippen LogP contribution in [0.2, 0.25) is 0 Å². The molecule has 1 aliphatic rings. The van der Waals surface area contributed by atoms with Crippen molar-refractivity contribution in [2.75, 3.05) is 13.7 Å². The molecule has 1 aliphatic carbocycles. The standard InChI is InChI=1S/C15H23BrN2O3/c1-3-21-13(10-7-5-4-6-8-10)14-17-11(9-20-2)12(16)15(19)18-14/h10,13H,3-9H2,1-2H3,(H,17,18,19). The lowest BCUT2D eigenvalue weighted by Gasteiger charge is -2.29. The summed E-state index contributed by atoms with van der Waals surface area (Å²) in [6.45, 7) is 2.89. The largest absolute Gasteiger partial charge is 0.378 e. The quantitative estimate of drug-likeness (QED) is 0.846. The zero-order chi connectivity index (χ0) is 15.2. The summed E-state index contributed by atoms with van der Waals surface area (Å²) in [4.78, 5) is 19.5. The van der Waals surface area contributed by atoms with E-state index in [4.69, 9.17) is 9.47 Å². The molecular weight excluding hydrogens is 336 g/mol. The van der Waals surface area contributed by atoms with Crippen LogP contribution in [-0.4, -0.2) is 23.7 Å². The average molecular weight is 359 g/mol. The minimum Gasteiger partial charge on any atom is -0.378 e. The van der Waals surface area contributed by atoms with E-state index in [1.165, 1.54) is 19.3 Å². The molecule has 2 rings (SSSR count). The molecule has 0 bridgehead atoms. The number of H-pyrrole nitrogens is 1. The number of rotatable bonds is 6. The number of hydrogen-bond acceptors (Lipinski definition) is 4. The lowest BCUT2D eigenvalue weighted by Crippen LogP contribution is -2.25. The van der Waals surface area contributed by atoms with E-state index in [-0.39, 0.29) is 11.7 Å². The highest BCUT2D eigenvalue weighted by Crippen LogP contribution is 2.35. The molecule has 118 valence electrons. The van der Waals surface area contributed by atoms with Crippen molar-refractivity contribution in [2.24, 2.45) is 5.92 Å². The second kappa shape index (κ2) is 8.06. The van der Waals surface area contributed by atoms with Gasteiger partial charge in [-0.1, -0.05) is 19.3 Å². The minimum atomic E-state index is -0.174. The third kappa shape index (κ3) is 4.14. The predicted octanol–water partition coefficient (Wildman–Crippen LogP) is 3.34. The second-order valence-electron chi connectivity index (χ2n) is 5.42. The van der Waals surface area contributed by atoms with Gasteiger partial charge in [0.1, 0.15) is 16.4 Å². The highest BCUT2D eigenvalue weighted by atomic mass is 79.9. The maximum atomic E-state index is 12.1. The van der Waals surface area contributed by atoms with Gasteiger partial charge in [0.2, 0.25) is 0 Å². The van der Waals surface area contributed by atoms with Crippen molar-refractivity contribution in [3.63, 3.8) is 0 Å². The molecule has 1 aromatic rings.